The van der Waals surface area contributed by atoms with E-state index in [-0.39, 0.29) is 44.4 Å². The summed E-state index contributed by atoms with van der Waals surface area (Å²) in [5, 5.41) is 19.1. The van der Waals surface area contributed by atoms with Crippen LogP contribution < -0.4 is 27.0 Å². The summed E-state index contributed by atoms with van der Waals surface area (Å²) < 4.78 is 0. The van der Waals surface area contributed by atoms with Crippen LogP contribution in [0.3, 0.4) is 0 Å². The van der Waals surface area contributed by atoms with E-state index in [4.69, 9.17) is 10.8 Å². The molecule has 7 N–H and O–H groups in total. The number of carboxylic acid groups (broad SMARTS) is 1. The SMILES string of the molecule is CSCC[C@H](NC(=O)CNC(=O)[C@@H]1CCCN1C(=O)[C@@H]1CCCN1C(=O)CNC(=O)[C@@H]1CCCN1C(=O)[C@@H]1CCCN1C(=O)CN)C(=O)N1CCC[C@H]1C(=O)NCC(=O)O. The average molecular weight is 863 g/mol. The van der Waals surface area contributed by atoms with Gasteiger partial charge in [0, 0.05) is 32.7 Å². The molecule has 0 unspecified atom stereocenters. The summed E-state index contributed by atoms with van der Waals surface area (Å²) >= 11 is 1.46. The van der Waals surface area contributed by atoms with E-state index >= 15 is 0 Å². The van der Waals surface area contributed by atoms with E-state index in [0.29, 0.717) is 83.1 Å². The molecule has 0 aromatic carbocycles. The van der Waals surface area contributed by atoms with Crippen molar-refractivity contribution in [2.45, 2.75) is 107 Å². The second-order valence-corrected chi connectivity index (χ2v) is 16.7. The molecule has 0 aliphatic carbocycles. The Balaban J connectivity index is 1.11. The van der Waals surface area contributed by atoms with Crippen LogP contribution >= 0.6 is 11.8 Å². The number of rotatable bonds is 17. The van der Waals surface area contributed by atoms with Crippen molar-refractivity contribution >= 4 is 70.9 Å². The molecule has 0 aromatic rings. The zero-order valence-corrected chi connectivity index (χ0v) is 34.9. The lowest BCUT2D eigenvalue weighted by atomic mass is 10.1. The fraction of sp³-hybridized carbons (Fsp3) is 0.737. The van der Waals surface area contributed by atoms with Crippen molar-refractivity contribution in [1.82, 2.24) is 45.8 Å². The quantitative estimate of drug-likeness (QED) is 0.0832. The molecule has 5 heterocycles. The number of nitrogens with one attached hydrogen (secondary N) is 4. The second kappa shape index (κ2) is 21.5. The third-order valence-corrected chi connectivity index (χ3v) is 12.5. The first-order chi connectivity index (χ1) is 28.8. The Morgan fingerprint density at radius 1 is 0.583 bits per heavy atom. The molecule has 5 rings (SSSR count). The van der Waals surface area contributed by atoms with Crippen molar-refractivity contribution in [1.29, 1.82) is 0 Å². The molecule has 5 saturated heterocycles. The van der Waals surface area contributed by atoms with Gasteiger partial charge >= 0.3 is 5.97 Å². The maximum Gasteiger partial charge on any atom is 0.322 e. The minimum absolute atomic E-state index is 0.212. The summed E-state index contributed by atoms with van der Waals surface area (Å²) in [4.78, 5) is 137. The minimum atomic E-state index is -1.22. The van der Waals surface area contributed by atoms with Gasteiger partial charge < -0.3 is 56.6 Å². The van der Waals surface area contributed by atoms with Gasteiger partial charge in [0.25, 0.3) is 0 Å². The number of aliphatic carboxylic acids is 1. The zero-order valence-electron chi connectivity index (χ0n) is 34.1. The molecular formula is C38H58N10O11S. The van der Waals surface area contributed by atoms with Crippen LogP contribution in [-0.4, -0.2) is 196 Å². The summed E-state index contributed by atoms with van der Waals surface area (Å²) in [6.45, 7) is -0.0912. The first-order valence-corrected chi connectivity index (χ1v) is 22.2. The predicted molar refractivity (Wildman–Crippen MR) is 214 cm³/mol. The molecule has 0 radical (unpaired) electrons. The van der Waals surface area contributed by atoms with E-state index in [9.17, 15) is 47.9 Å². The molecule has 0 bridgehead atoms. The van der Waals surface area contributed by atoms with Gasteiger partial charge in [-0.25, -0.2) is 0 Å². The standard InChI is InChI=1S/C38H58N10O11S/c1-60-18-12-23(36(57)46-15-2-7-24(46)35(56)42-22-32(52)53)43-29(49)20-40-33(54)25-8-3-16-47(25)38(59)28-11-6-14-45(28)31(51)21-41-34(55)26-9-4-17-48(26)37(58)27-10-5-13-44(27)30(50)19-39/h23-28H,2-22,39H2,1H3,(H,40,54)(H,41,55)(H,42,56)(H,43,49)(H,52,53)/t23-,24-,25-,26-,27-,28-/m0/s1. The van der Waals surface area contributed by atoms with Crippen molar-refractivity contribution in [2.75, 3.05) is 70.9 Å². The highest BCUT2D eigenvalue weighted by Crippen LogP contribution is 2.27. The highest BCUT2D eigenvalue weighted by Gasteiger charge is 2.44. The third-order valence-electron chi connectivity index (χ3n) is 11.9. The Bertz CT molecular complexity index is 1680. The number of carbonyl (C=O) groups is 10. The molecule has 0 aromatic heterocycles. The monoisotopic (exact) mass is 862 g/mol. The van der Waals surface area contributed by atoms with Crippen LogP contribution in [0.1, 0.15) is 70.6 Å². The van der Waals surface area contributed by atoms with Crippen LogP contribution in [0.2, 0.25) is 0 Å². The molecule has 332 valence electrons. The highest BCUT2D eigenvalue weighted by molar-refractivity contribution is 7.98. The van der Waals surface area contributed by atoms with E-state index < -0.39 is 103 Å². The van der Waals surface area contributed by atoms with Gasteiger partial charge in [-0.2, -0.15) is 11.8 Å². The topological polar surface area (TPSA) is 281 Å². The van der Waals surface area contributed by atoms with Crippen LogP contribution in [0.15, 0.2) is 0 Å². The molecule has 5 aliphatic heterocycles. The molecule has 9 amide bonds. The van der Waals surface area contributed by atoms with Gasteiger partial charge in [0.2, 0.25) is 53.2 Å². The molecule has 0 saturated carbocycles. The molecule has 5 aliphatic rings. The number of nitrogens with zero attached hydrogens (tertiary/aromatic N) is 5. The number of carboxylic acids is 1. The van der Waals surface area contributed by atoms with Gasteiger partial charge in [-0.3, -0.25) is 47.9 Å². The van der Waals surface area contributed by atoms with Crippen LogP contribution in [0, 0.1) is 0 Å². The zero-order chi connectivity index (χ0) is 43.5. The Morgan fingerprint density at radius 3 is 1.48 bits per heavy atom. The molecule has 21 nitrogen and oxygen atoms in total. The normalized spacial score (nSPS) is 24.3. The molecule has 60 heavy (non-hydrogen) atoms. The van der Waals surface area contributed by atoms with Crippen LogP contribution in [0.5, 0.6) is 0 Å². The molecule has 6 atom stereocenters. The lowest BCUT2D eigenvalue weighted by Gasteiger charge is -2.32. The fourth-order valence-corrected chi connectivity index (χ4v) is 9.41. The highest BCUT2D eigenvalue weighted by atomic mass is 32.2. The van der Waals surface area contributed by atoms with Gasteiger partial charge in [0.05, 0.1) is 19.6 Å². The van der Waals surface area contributed by atoms with Crippen molar-refractivity contribution in [3.8, 4) is 0 Å². The largest absolute Gasteiger partial charge is 0.480 e. The third kappa shape index (κ3) is 11.0. The van der Waals surface area contributed by atoms with Crippen LogP contribution in [0.25, 0.3) is 0 Å². The Labute approximate surface area is 352 Å². The minimum Gasteiger partial charge on any atom is -0.480 e. The van der Waals surface area contributed by atoms with E-state index in [1.54, 1.807) is 0 Å². The molecule has 0 spiro atoms. The Morgan fingerprint density at radius 2 is 1.00 bits per heavy atom. The van der Waals surface area contributed by atoms with Gasteiger partial charge in [0.15, 0.2) is 0 Å². The fourth-order valence-electron chi connectivity index (χ4n) is 8.94. The summed E-state index contributed by atoms with van der Waals surface area (Å²) in [6, 6.07) is -5.09. The second-order valence-electron chi connectivity index (χ2n) is 15.7. The van der Waals surface area contributed by atoms with Crippen molar-refractivity contribution in [2.24, 2.45) is 5.73 Å². The van der Waals surface area contributed by atoms with Crippen molar-refractivity contribution in [3.63, 3.8) is 0 Å². The summed E-state index contributed by atoms with van der Waals surface area (Å²) in [5.41, 5.74) is 5.54. The molecule has 5 fully saturated rings. The Kier molecular flexibility index (Phi) is 16.5. The van der Waals surface area contributed by atoms with Crippen molar-refractivity contribution in [3.05, 3.63) is 0 Å². The van der Waals surface area contributed by atoms with E-state index in [1.807, 2.05) is 6.26 Å². The lowest BCUT2D eigenvalue weighted by Crippen LogP contribution is -2.56. The van der Waals surface area contributed by atoms with Gasteiger partial charge in [-0.15, -0.1) is 0 Å². The van der Waals surface area contributed by atoms with Gasteiger partial charge in [0.1, 0.15) is 42.8 Å². The summed E-state index contributed by atoms with van der Waals surface area (Å²) in [5.74, 6) is -5.01. The average Bonchev–Trinajstić information content (AvgIpc) is 4.09. The summed E-state index contributed by atoms with van der Waals surface area (Å²) in [7, 11) is 0. The first kappa shape index (κ1) is 46.1. The number of amides is 9. The number of likely N-dealkylation sites (tertiary alicyclic amines) is 5. The first-order valence-electron chi connectivity index (χ1n) is 20.8. The van der Waals surface area contributed by atoms with Crippen LogP contribution in [-0.2, 0) is 47.9 Å². The Hall–Kier alpha value is -4.99. The number of carbonyl (C=O) groups excluding carboxylic acids is 9. The number of thioether (sulfide) groups is 1. The van der Waals surface area contributed by atoms with Gasteiger partial charge in [-0.05, 0) is 82.6 Å². The van der Waals surface area contributed by atoms with E-state index in [0.717, 1.165) is 0 Å². The van der Waals surface area contributed by atoms with E-state index in [1.165, 1.54) is 36.3 Å². The maximum atomic E-state index is 13.9. The number of hydrogen-bond donors (Lipinski definition) is 6. The number of hydrogen-bond acceptors (Lipinski definition) is 12. The predicted octanol–water partition coefficient (Wildman–Crippen LogP) is -3.43. The smallest absolute Gasteiger partial charge is 0.322 e. The maximum absolute atomic E-state index is 13.9. The summed E-state index contributed by atoms with van der Waals surface area (Å²) in [6.07, 6.45) is 6.85. The molecular weight excluding hydrogens is 805 g/mol. The van der Waals surface area contributed by atoms with E-state index in [2.05, 4.69) is 21.3 Å². The lowest BCUT2D eigenvalue weighted by molar-refractivity contribution is -0.147. The van der Waals surface area contributed by atoms with Crippen LogP contribution in [0.4, 0.5) is 0 Å². The van der Waals surface area contributed by atoms with Crippen molar-refractivity contribution < 1.29 is 53.1 Å². The number of nitrogens with two attached hydrogens (primary N) is 1. The van der Waals surface area contributed by atoms with Gasteiger partial charge in [-0.1, -0.05) is 0 Å². The molecule has 22 heteroatoms.